The molecule has 1 heterocycles. The lowest BCUT2D eigenvalue weighted by molar-refractivity contribution is 0.431. The Morgan fingerprint density at radius 2 is 2.12 bits per heavy atom. The van der Waals surface area contributed by atoms with Gasteiger partial charge in [-0.15, -0.1) is 0 Å². The minimum absolute atomic E-state index is 0.162. The predicted octanol–water partition coefficient (Wildman–Crippen LogP) is 1.14. The summed E-state index contributed by atoms with van der Waals surface area (Å²) in [6.45, 7) is 0.348. The van der Waals surface area contributed by atoms with Crippen molar-refractivity contribution in [2.75, 3.05) is 6.54 Å². The third kappa shape index (κ3) is 1.77. The topological polar surface area (TPSA) is 76.5 Å². The van der Waals surface area contributed by atoms with Crippen molar-refractivity contribution in [2.45, 2.75) is 6.42 Å². The largest absolute Gasteiger partial charge is 0.505 e. The fourth-order valence-electron chi connectivity index (χ4n) is 1.60. The van der Waals surface area contributed by atoms with E-state index in [9.17, 15) is 9.18 Å². The molecular formula is C11H10FNO3. The zero-order valence-electron chi connectivity index (χ0n) is 8.37. The average molecular weight is 223 g/mol. The lowest BCUT2D eigenvalue weighted by Gasteiger charge is -2.04. The van der Waals surface area contributed by atoms with Gasteiger partial charge in [-0.25, -0.2) is 9.18 Å². The summed E-state index contributed by atoms with van der Waals surface area (Å²) in [5.74, 6) is -1.29. The highest BCUT2D eigenvalue weighted by atomic mass is 19.1. The van der Waals surface area contributed by atoms with E-state index in [-0.39, 0.29) is 5.58 Å². The van der Waals surface area contributed by atoms with Gasteiger partial charge >= 0.3 is 5.63 Å². The Morgan fingerprint density at radius 3 is 2.81 bits per heavy atom. The highest BCUT2D eigenvalue weighted by Gasteiger charge is 2.09. The van der Waals surface area contributed by atoms with E-state index in [0.717, 1.165) is 12.1 Å². The summed E-state index contributed by atoms with van der Waals surface area (Å²) in [5.41, 5.74) is 5.63. The van der Waals surface area contributed by atoms with Gasteiger partial charge in [0.05, 0.1) is 0 Å². The van der Waals surface area contributed by atoms with Gasteiger partial charge in [-0.1, -0.05) is 0 Å². The van der Waals surface area contributed by atoms with Gasteiger partial charge in [0.25, 0.3) is 0 Å². The van der Waals surface area contributed by atoms with Gasteiger partial charge in [0, 0.05) is 17.5 Å². The van der Waals surface area contributed by atoms with Crippen LogP contribution in [0.1, 0.15) is 5.56 Å². The van der Waals surface area contributed by atoms with E-state index in [1.807, 2.05) is 0 Å². The molecule has 0 atom stereocenters. The molecule has 0 unspecified atom stereocenters. The number of phenolic OH excluding ortho intramolecular Hbond substituents is 1. The number of benzene rings is 1. The van der Waals surface area contributed by atoms with E-state index < -0.39 is 17.2 Å². The number of nitrogens with two attached hydrogens (primary N) is 1. The zero-order chi connectivity index (χ0) is 11.7. The summed E-state index contributed by atoms with van der Waals surface area (Å²) < 4.78 is 18.0. The number of hydrogen-bond donors (Lipinski definition) is 2. The van der Waals surface area contributed by atoms with E-state index in [0.29, 0.717) is 23.9 Å². The van der Waals surface area contributed by atoms with Crippen LogP contribution in [0.2, 0.25) is 0 Å². The molecule has 0 fully saturated rings. The van der Waals surface area contributed by atoms with Gasteiger partial charge in [0.15, 0.2) is 11.6 Å². The number of hydrogen-bond acceptors (Lipinski definition) is 4. The van der Waals surface area contributed by atoms with Crippen LogP contribution in [-0.2, 0) is 6.42 Å². The Hall–Kier alpha value is -1.88. The van der Waals surface area contributed by atoms with Crippen LogP contribution in [0.3, 0.4) is 0 Å². The molecule has 0 spiro atoms. The average Bonchev–Trinajstić information content (AvgIpc) is 2.21. The molecule has 0 aliphatic heterocycles. The summed E-state index contributed by atoms with van der Waals surface area (Å²) in [7, 11) is 0. The smallest absolute Gasteiger partial charge is 0.336 e. The maximum Gasteiger partial charge on any atom is 0.336 e. The molecule has 0 saturated heterocycles. The monoisotopic (exact) mass is 223 g/mol. The van der Waals surface area contributed by atoms with Gasteiger partial charge in [0.2, 0.25) is 0 Å². The van der Waals surface area contributed by atoms with E-state index in [1.54, 1.807) is 0 Å². The molecule has 4 nitrogen and oxygen atoms in total. The van der Waals surface area contributed by atoms with E-state index in [1.165, 1.54) is 6.07 Å². The molecule has 0 saturated carbocycles. The zero-order valence-corrected chi connectivity index (χ0v) is 8.37. The summed E-state index contributed by atoms with van der Waals surface area (Å²) in [6.07, 6.45) is 0.451. The van der Waals surface area contributed by atoms with E-state index in [2.05, 4.69) is 0 Å². The minimum Gasteiger partial charge on any atom is -0.505 e. The first-order valence-corrected chi connectivity index (χ1v) is 4.77. The molecule has 3 N–H and O–H groups in total. The standard InChI is InChI=1S/C11H10FNO3/c12-8-4-7-6(1-2-13)3-11(15)16-10(7)5-9(8)14/h3-5,14H,1-2,13H2. The minimum atomic E-state index is -0.750. The van der Waals surface area contributed by atoms with Gasteiger partial charge in [-0.2, -0.15) is 0 Å². The fourth-order valence-corrected chi connectivity index (χ4v) is 1.60. The molecule has 0 aliphatic carbocycles. The van der Waals surface area contributed by atoms with Crippen molar-refractivity contribution in [3.63, 3.8) is 0 Å². The Morgan fingerprint density at radius 1 is 1.38 bits per heavy atom. The molecule has 0 radical (unpaired) electrons. The molecule has 84 valence electrons. The third-order valence-corrected chi connectivity index (χ3v) is 2.31. The Balaban J connectivity index is 2.79. The SMILES string of the molecule is NCCc1cc(=O)oc2cc(O)c(F)cc12. The molecule has 2 aromatic rings. The highest BCUT2D eigenvalue weighted by molar-refractivity contribution is 5.81. The van der Waals surface area contributed by atoms with Crippen LogP contribution in [0.5, 0.6) is 5.75 Å². The Kier molecular flexibility index (Phi) is 2.62. The van der Waals surface area contributed by atoms with Crippen LogP contribution in [0.15, 0.2) is 27.4 Å². The van der Waals surface area contributed by atoms with Crippen LogP contribution in [0.4, 0.5) is 4.39 Å². The van der Waals surface area contributed by atoms with Crippen LogP contribution in [0.25, 0.3) is 11.0 Å². The lowest BCUT2D eigenvalue weighted by Crippen LogP contribution is -2.07. The summed E-state index contributed by atoms with van der Waals surface area (Å²) in [5, 5.41) is 9.63. The lowest BCUT2D eigenvalue weighted by atomic mass is 10.1. The highest BCUT2D eigenvalue weighted by Crippen LogP contribution is 2.25. The van der Waals surface area contributed by atoms with Gasteiger partial charge in [-0.05, 0) is 24.6 Å². The number of fused-ring (bicyclic) bond motifs is 1. The first-order valence-electron chi connectivity index (χ1n) is 4.77. The first kappa shape index (κ1) is 10.6. The van der Waals surface area contributed by atoms with Crippen molar-refractivity contribution in [3.8, 4) is 5.75 Å². The van der Waals surface area contributed by atoms with Crippen molar-refractivity contribution in [3.05, 3.63) is 40.0 Å². The molecule has 5 heteroatoms. The maximum absolute atomic E-state index is 13.2. The van der Waals surface area contributed by atoms with Crippen molar-refractivity contribution >= 4 is 11.0 Å². The Labute approximate surface area is 90.1 Å². The number of phenols is 1. The van der Waals surface area contributed by atoms with Crippen LogP contribution >= 0.6 is 0 Å². The first-order chi connectivity index (χ1) is 7.61. The van der Waals surface area contributed by atoms with Crippen molar-refractivity contribution in [2.24, 2.45) is 5.73 Å². The maximum atomic E-state index is 13.2. The Bertz CT molecular complexity index is 592. The van der Waals surface area contributed by atoms with Crippen LogP contribution in [-0.4, -0.2) is 11.7 Å². The van der Waals surface area contributed by atoms with Crippen LogP contribution in [0, 0.1) is 5.82 Å². The van der Waals surface area contributed by atoms with E-state index >= 15 is 0 Å². The second-order valence-electron chi connectivity index (χ2n) is 3.43. The molecule has 0 aliphatic rings. The molecule has 2 rings (SSSR count). The predicted molar refractivity (Wildman–Crippen MR) is 56.9 cm³/mol. The number of halogens is 1. The van der Waals surface area contributed by atoms with Gasteiger partial charge in [0.1, 0.15) is 5.58 Å². The second kappa shape index (κ2) is 3.94. The normalized spacial score (nSPS) is 10.9. The summed E-state index contributed by atoms with van der Waals surface area (Å²) in [4.78, 5) is 11.2. The molecule has 0 amide bonds. The quantitative estimate of drug-likeness (QED) is 0.748. The number of rotatable bonds is 2. The molecule has 1 aromatic carbocycles. The van der Waals surface area contributed by atoms with E-state index in [4.69, 9.17) is 15.3 Å². The second-order valence-corrected chi connectivity index (χ2v) is 3.43. The van der Waals surface area contributed by atoms with Crippen LogP contribution < -0.4 is 11.4 Å². The summed E-state index contributed by atoms with van der Waals surface area (Å²) >= 11 is 0. The van der Waals surface area contributed by atoms with Gasteiger partial charge < -0.3 is 15.3 Å². The summed E-state index contributed by atoms with van der Waals surface area (Å²) in [6, 6.07) is 3.51. The molecule has 0 bridgehead atoms. The van der Waals surface area contributed by atoms with Gasteiger partial charge in [-0.3, -0.25) is 0 Å². The van der Waals surface area contributed by atoms with Crippen molar-refractivity contribution < 1.29 is 13.9 Å². The third-order valence-electron chi connectivity index (χ3n) is 2.31. The molecule has 1 aromatic heterocycles. The molecular weight excluding hydrogens is 213 g/mol. The van der Waals surface area contributed by atoms with Crippen molar-refractivity contribution in [1.29, 1.82) is 0 Å². The number of aromatic hydroxyl groups is 1. The molecule has 16 heavy (non-hydrogen) atoms. The van der Waals surface area contributed by atoms with Crippen molar-refractivity contribution in [1.82, 2.24) is 0 Å². The fraction of sp³-hybridized carbons (Fsp3) is 0.182.